The van der Waals surface area contributed by atoms with Crippen LogP contribution in [0.1, 0.15) is 25.7 Å². The average Bonchev–Trinajstić information content (AvgIpc) is 3.00. The van der Waals surface area contributed by atoms with Gasteiger partial charge >= 0.3 is 0 Å². The molecule has 0 unspecified atom stereocenters. The highest BCUT2D eigenvalue weighted by atomic mass is 32.2. The van der Waals surface area contributed by atoms with E-state index in [1.54, 1.807) is 0 Å². The standard InChI is InChI=1S/C9H18N2O2S/c12-14(13,9-1-2-9)11-7-8-3-5-10-6-4-8/h8-11H,1-7H2. The number of hydrogen-bond donors (Lipinski definition) is 2. The predicted octanol–water partition coefficient (Wildman–Crippen LogP) is 0.0678. The van der Waals surface area contributed by atoms with E-state index in [1.165, 1.54) is 0 Å². The molecule has 2 fully saturated rings. The van der Waals surface area contributed by atoms with Crippen molar-refractivity contribution in [3.05, 3.63) is 0 Å². The molecule has 2 N–H and O–H groups in total. The number of hydrogen-bond acceptors (Lipinski definition) is 3. The predicted molar refractivity (Wildman–Crippen MR) is 55.5 cm³/mol. The molecule has 82 valence electrons. The van der Waals surface area contributed by atoms with Crippen LogP contribution in [0.25, 0.3) is 0 Å². The summed E-state index contributed by atoms with van der Waals surface area (Å²) in [5.74, 6) is 0.532. The molecule has 0 atom stereocenters. The Labute approximate surface area is 85.5 Å². The molecule has 0 spiro atoms. The summed E-state index contributed by atoms with van der Waals surface area (Å²) in [6.45, 7) is 2.69. The fourth-order valence-electron chi connectivity index (χ4n) is 1.82. The molecule has 1 saturated heterocycles. The van der Waals surface area contributed by atoms with Gasteiger partial charge in [0.2, 0.25) is 10.0 Å². The Balaban J connectivity index is 1.75. The van der Waals surface area contributed by atoms with E-state index in [4.69, 9.17) is 0 Å². The van der Waals surface area contributed by atoms with Crippen LogP contribution in [0.5, 0.6) is 0 Å². The van der Waals surface area contributed by atoms with E-state index in [2.05, 4.69) is 10.0 Å². The fourth-order valence-corrected chi connectivity index (χ4v) is 3.28. The lowest BCUT2D eigenvalue weighted by molar-refractivity contribution is 0.372. The first-order valence-electron chi connectivity index (χ1n) is 5.38. The van der Waals surface area contributed by atoms with Crippen LogP contribution in [0.2, 0.25) is 0 Å². The van der Waals surface area contributed by atoms with Gasteiger partial charge in [0.25, 0.3) is 0 Å². The minimum absolute atomic E-state index is 0.0794. The molecule has 0 bridgehead atoms. The van der Waals surface area contributed by atoms with Crippen LogP contribution in [0, 0.1) is 5.92 Å². The van der Waals surface area contributed by atoms with E-state index in [9.17, 15) is 8.42 Å². The maximum absolute atomic E-state index is 11.5. The minimum Gasteiger partial charge on any atom is -0.317 e. The fraction of sp³-hybridized carbons (Fsp3) is 1.00. The van der Waals surface area contributed by atoms with E-state index in [0.29, 0.717) is 12.5 Å². The third kappa shape index (κ3) is 2.68. The van der Waals surface area contributed by atoms with E-state index in [1.807, 2.05) is 0 Å². The lowest BCUT2D eigenvalue weighted by Crippen LogP contribution is -2.37. The van der Waals surface area contributed by atoms with Crippen molar-refractivity contribution < 1.29 is 8.42 Å². The second-order valence-corrected chi connectivity index (χ2v) is 6.33. The lowest BCUT2D eigenvalue weighted by Gasteiger charge is -2.22. The largest absolute Gasteiger partial charge is 0.317 e. The first-order valence-corrected chi connectivity index (χ1v) is 6.92. The molecule has 0 aromatic carbocycles. The monoisotopic (exact) mass is 218 g/mol. The Morgan fingerprint density at radius 2 is 1.79 bits per heavy atom. The average molecular weight is 218 g/mol. The third-order valence-electron chi connectivity index (χ3n) is 3.00. The molecule has 0 aromatic rings. The second-order valence-electron chi connectivity index (χ2n) is 4.29. The van der Waals surface area contributed by atoms with E-state index in [-0.39, 0.29) is 5.25 Å². The van der Waals surface area contributed by atoms with Gasteiger partial charge < -0.3 is 5.32 Å². The van der Waals surface area contributed by atoms with Crippen LogP contribution in [-0.4, -0.2) is 33.3 Å². The van der Waals surface area contributed by atoms with Crippen molar-refractivity contribution >= 4 is 10.0 Å². The van der Waals surface area contributed by atoms with E-state index >= 15 is 0 Å². The van der Waals surface area contributed by atoms with Gasteiger partial charge in [0.15, 0.2) is 0 Å². The van der Waals surface area contributed by atoms with Crippen molar-refractivity contribution in [3.8, 4) is 0 Å². The molecule has 1 aliphatic heterocycles. The van der Waals surface area contributed by atoms with Gasteiger partial charge in [-0.2, -0.15) is 0 Å². The summed E-state index contributed by atoms with van der Waals surface area (Å²) < 4.78 is 25.8. The molecule has 0 amide bonds. The Morgan fingerprint density at radius 1 is 1.14 bits per heavy atom. The van der Waals surface area contributed by atoms with E-state index in [0.717, 1.165) is 38.8 Å². The van der Waals surface area contributed by atoms with Crippen molar-refractivity contribution in [3.63, 3.8) is 0 Å². The van der Waals surface area contributed by atoms with Gasteiger partial charge in [-0.3, -0.25) is 0 Å². The van der Waals surface area contributed by atoms with Gasteiger partial charge in [0, 0.05) is 6.54 Å². The zero-order valence-electron chi connectivity index (χ0n) is 8.33. The van der Waals surface area contributed by atoms with E-state index < -0.39 is 10.0 Å². The summed E-state index contributed by atoms with van der Waals surface area (Å²) in [6, 6.07) is 0. The highest BCUT2D eigenvalue weighted by Gasteiger charge is 2.35. The normalized spacial score (nSPS) is 25.1. The van der Waals surface area contributed by atoms with Gasteiger partial charge in [-0.05, 0) is 44.7 Å². The van der Waals surface area contributed by atoms with Gasteiger partial charge in [-0.25, -0.2) is 13.1 Å². The first-order chi connectivity index (χ1) is 6.68. The molecular formula is C9H18N2O2S. The van der Waals surface area contributed by atoms with Crippen LogP contribution in [0.4, 0.5) is 0 Å². The lowest BCUT2D eigenvalue weighted by atomic mass is 9.99. The summed E-state index contributed by atoms with van der Waals surface area (Å²) in [7, 11) is -2.96. The Kier molecular flexibility index (Phi) is 3.09. The molecular weight excluding hydrogens is 200 g/mol. The molecule has 1 aliphatic carbocycles. The van der Waals surface area contributed by atoms with Crippen LogP contribution in [0.3, 0.4) is 0 Å². The number of piperidine rings is 1. The summed E-state index contributed by atoms with van der Waals surface area (Å²) in [6.07, 6.45) is 3.88. The number of nitrogens with one attached hydrogen (secondary N) is 2. The number of sulfonamides is 1. The van der Waals surface area contributed by atoms with Gasteiger partial charge in [0.1, 0.15) is 0 Å². The third-order valence-corrected chi connectivity index (χ3v) is 4.91. The zero-order valence-corrected chi connectivity index (χ0v) is 9.15. The molecule has 1 saturated carbocycles. The van der Waals surface area contributed by atoms with Crippen molar-refractivity contribution in [2.24, 2.45) is 5.92 Å². The van der Waals surface area contributed by atoms with Crippen molar-refractivity contribution in [2.45, 2.75) is 30.9 Å². The first kappa shape index (κ1) is 10.4. The van der Waals surface area contributed by atoms with Gasteiger partial charge in [0.05, 0.1) is 5.25 Å². The summed E-state index contributed by atoms with van der Waals surface area (Å²) in [4.78, 5) is 0. The Hall–Kier alpha value is -0.130. The Bertz CT molecular complexity index is 279. The minimum atomic E-state index is -2.96. The second kappa shape index (κ2) is 4.16. The maximum Gasteiger partial charge on any atom is 0.214 e. The highest BCUT2D eigenvalue weighted by Crippen LogP contribution is 2.27. The summed E-state index contributed by atoms with van der Waals surface area (Å²) >= 11 is 0. The molecule has 4 nitrogen and oxygen atoms in total. The molecule has 5 heteroatoms. The molecule has 2 rings (SSSR count). The van der Waals surface area contributed by atoms with Crippen LogP contribution >= 0.6 is 0 Å². The smallest absolute Gasteiger partial charge is 0.214 e. The summed E-state index contributed by atoms with van der Waals surface area (Å²) in [5, 5.41) is 3.19. The van der Waals surface area contributed by atoms with Gasteiger partial charge in [-0.1, -0.05) is 0 Å². The molecule has 2 aliphatic rings. The molecule has 0 aromatic heterocycles. The van der Waals surface area contributed by atoms with Crippen molar-refractivity contribution in [1.29, 1.82) is 0 Å². The maximum atomic E-state index is 11.5. The van der Waals surface area contributed by atoms with Gasteiger partial charge in [-0.15, -0.1) is 0 Å². The topological polar surface area (TPSA) is 58.2 Å². The zero-order chi connectivity index (χ0) is 10.0. The quantitative estimate of drug-likeness (QED) is 0.702. The SMILES string of the molecule is O=S(=O)(NCC1CCNCC1)C1CC1. The summed E-state index contributed by atoms with van der Waals surface area (Å²) in [5.41, 5.74) is 0. The molecule has 0 radical (unpaired) electrons. The number of rotatable bonds is 4. The van der Waals surface area contributed by atoms with Crippen LogP contribution in [0.15, 0.2) is 0 Å². The van der Waals surface area contributed by atoms with Crippen LogP contribution < -0.4 is 10.0 Å². The molecule has 14 heavy (non-hydrogen) atoms. The molecule has 1 heterocycles. The van der Waals surface area contributed by atoms with Crippen molar-refractivity contribution in [2.75, 3.05) is 19.6 Å². The van der Waals surface area contributed by atoms with Crippen molar-refractivity contribution in [1.82, 2.24) is 10.0 Å². The Morgan fingerprint density at radius 3 is 2.36 bits per heavy atom. The van der Waals surface area contributed by atoms with Crippen LogP contribution in [-0.2, 0) is 10.0 Å². The highest BCUT2D eigenvalue weighted by molar-refractivity contribution is 7.90.